The van der Waals surface area contributed by atoms with Gasteiger partial charge < -0.3 is 20.5 Å². The molecule has 74 valence electrons. The summed E-state index contributed by atoms with van der Waals surface area (Å²) in [5, 5.41) is 29.4. The summed E-state index contributed by atoms with van der Waals surface area (Å²) < 4.78 is 0. The molecule has 5 nitrogen and oxygen atoms in total. The number of phenolic OH excluding ortho intramolecular Hbond substituents is 1. The molecule has 1 aromatic rings. The molecule has 0 radical (unpaired) electrons. The molecule has 0 saturated carbocycles. The van der Waals surface area contributed by atoms with Gasteiger partial charge in [-0.1, -0.05) is 0 Å². The van der Waals surface area contributed by atoms with Gasteiger partial charge in [0.15, 0.2) is 0 Å². The molecule has 0 unspecified atom stereocenters. The van der Waals surface area contributed by atoms with Crippen molar-refractivity contribution in [3.05, 3.63) is 23.8 Å². The molecule has 0 spiro atoms. The molecule has 0 aliphatic rings. The van der Waals surface area contributed by atoms with Gasteiger partial charge in [-0.2, -0.15) is 0 Å². The summed E-state index contributed by atoms with van der Waals surface area (Å²) in [5.41, 5.74) is 0.325. The number of aromatic hydroxyl groups is 1. The third-order valence-corrected chi connectivity index (χ3v) is 1.54. The lowest BCUT2D eigenvalue weighted by molar-refractivity contribution is 0.0696. The summed E-state index contributed by atoms with van der Waals surface area (Å²) in [4.78, 5) is 10.6. The minimum atomic E-state index is -1.13. The van der Waals surface area contributed by atoms with Crippen molar-refractivity contribution in [3.63, 3.8) is 0 Å². The van der Waals surface area contributed by atoms with Crippen molar-refractivity contribution >= 4 is 18.7 Å². The van der Waals surface area contributed by atoms with Crippen LogP contribution in [0.25, 0.3) is 0 Å². The summed E-state index contributed by atoms with van der Waals surface area (Å²) in [6.07, 6.45) is 0. The first-order chi connectivity index (χ1) is 6.49. The Labute approximate surface area is 81.1 Å². The molecule has 6 heteroatoms. The van der Waals surface area contributed by atoms with Crippen LogP contribution in [0.5, 0.6) is 5.75 Å². The van der Waals surface area contributed by atoms with Gasteiger partial charge in [-0.15, -0.1) is 0 Å². The van der Waals surface area contributed by atoms with Gasteiger partial charge in [-0.05, 0) is 19.0 Å². The predicted molar refractivity (Wildman–Crippen MR) is 52.5 cm³/mol. The van der Waals surface area contributed by atoms with E-state index in [1.54, 1.807) is 0 Å². The van der Waals surface area contributed by atoms with Gasteiger partial charge in [0, 0.05) is 11.8 Å². The highest BCUT2D eigenvalue weighted by molar-refractivity contribution is 6.52. The second-order valence-corrected chi connectivity index (χ2v) is 2.89. The van der Waals surface area contributed by atoms with Crippen LogP contribution in [-0.4, -0.2) is 28.3 Å². The molecule has 0 fully saturated rings. The fourth-order valence-electron chi connectivity index (χ4n) is 1.06. The van der Waals surface area contributed by atoms with E-state index in [-0.39, 0.29) is 11.3 Å². The zero-order chi connectivity index (χ0) is 10.7. The van der Waals surface area contributed by atoms with Gasteiger partial charge in [-0.25, -0.2) is 4.79 Å². The van der Waals surface area contributed by atoms with Gasteiger partial charge in [0.1, 0.15) is 5.75 Å². The van der Waals surface area contributed by atoms with Gasteiger partial charge >= 0.3 is 13.0 Å². The Bertz CT molecular complexity index is 353. The maximum absolute atomic E-state index is 10.6. The van der Waals surface area contributed by atoms with Crippen molar-refractivity contribution in [2.75, 3.05) is 5.23 Å². The second-order valence-electron chi connectivity index (χ2n) is 2.89. The van der Waals surface area contributed by atoms with E-state index < -0.39 is 13.0 Å². The Morgan fingerprint density at radius 3 is 2.57 bits per heavy atom. The standard InChI is InChI=1S/C8H10BNO4/c1-9(14)10-6-2-5(8(12)13)3-7(11)4-6/h2-4,10-11,14H,1H3,(H,12,13). The number of anilines is 1. The van der Waals surface area contributed by atoms with E-state index in [1.165, 1.54) is 19.0 Å². The van der Waals surface area contributed by atoms with E-state index in [1.807, 2.05) is 0 Å². The number of phenols is 1. The first-order valence-electron chi connectivity index (χ1n) is 4.01. The molecular weight excluding hydrogens is 185 g/mol. The monoisotopic (exact) mass is 195 g/mol. The van der Waals surface area contributed by atoms with Crippen molar-refractivity contribution in [1.29, 1.82) is 0 Å². The molecule has 0 aliphatic carbocycles. The number of carbonyl (C=O) groups is 1. The van der Waals surface area contributed by atoms with E-state index in [2.05, 4.69) is 5.23 Å². The van der Waals surface area contributed by atoms with Crippen LogP contribution in [0.3, 0.4) is 0 Å². The van der Waals surface area contributed by atoms with Crippen LogP contribution >= 0.6 is 0 Å². The number of benzene rings is 1. The molecule has 0 amide bonds. The zero-order valence-electron chi connectivity index (χ0n) is 7.56. The minimum absolute atomic E-state index is 0.0341. The lowest BCUT2D eigenvalue weighted by Gasteiger charge is -2.07. The first-order valence-corrected chi connectivity index (χ1v) is 4.01. The van der Waals surface area contributed by atoms with Crippen LogP contribution in [-0.2, 0) is 0 Å². The Morgan fingerprint density at radius 1 is 1.43 bits per heavy atom. The number of aromatic carboxylic acids is 1. The Kier molecular flexibility index (Phi) is 2.98. The molecule has 0 aromatic heterocycles. The fraction of sp³-hybridized carbons (Fsp3) is 0.125. The molecule has 0 atom stereocenters. The highest BCUT2D eigenvalue weighted by Crippen LogP contribution is 2.19. The smallest absolute Gasteiger partial charge is 0.406 e. The number of nitrogens with one attached hydrogen (secondary N) is 1. The Morgan fingerprint density at radius 2 is 2.07 bits per heavy atom. The van der Waals surface area contributed by atoms with Crippen molar-refractivity contribution < 1.29 is 20.0 Å². The van der Waals surface area contributed by atoms with Gasteiger partial charge in [0.25, 0.3) is 0 Å². The molecule has 0 saturated heterocycles. The number of hydrogen-bond donors (Lipinski definition) is 4. The number of carboxylic acid groups (broad SMARTS) is 1. The topological polar surface area (TPSA) is 89.8 Å². The average molecular weight is 195 g/mol. The van der Waals surface area contributed by atoms with Crippen LogP contribution < -0.4 is 5.23 Å². The van der Waals surface area contributed by atoms with Crippen molar-refractivity contribution in [2.24, 2.45) is 0 Å². The van der Waals surface area contributed by atoms with Crippen molar-refractivity contribution in [3.8, 4) is 5.75 Å². The molecule has 0 heterocycles. The maximum Gasteiger partial charge on any atom is 0.406 e. The maximum atomic E-state index is 10.6. The quantitative estimate of drug-likeness (QED) is 0.530. The number of hydrogen-bond acceptors (Lipinski definition) is 4. The molecular formula is C8H10BNO4. The van der Waals surface area contributed by atoms with Crippen LogP contribution in [0.1, 0.15) is 10.4 Å². The van der Waals surface area contributed by atoms with E-state index in [0.29, 0.717) is 5.69 Å². The highest BCUT2D eigenvalue weighted by Gasteiger charge is 2.08. The average Bonchev–Trinajstić information content (AvgIpc) is 2.01. The summed E-state index contributed by atoms with van der Waals surface area (Å²) in [6, 6.07) is 3.80. The Hall–Kier alpha value is -1.69. The predicted octanol–water partition coefficient (Wildman–Crippen LogP) is 0.613. The van der Waals surface area contributed by atoms with E-state index in [4.69, 9.17) is 10.1 Å². The SMILES string of the molecule is CB(O)Nc1cc(O)cc(C(=O)O)c1. The normalized spacial score (nSPS) is 9.57. The van der Waals surface area contributed by atoms with Crippen LogP contribution in [0, 0.1) is 0 Å². The third-order valence-electron chi connectivity index (χ3n) is 1.54. The number of rotatable bonds is 3. The zero-order valence-corrected chi connectivity index (χ0v) is 7.56. The van der Waals surface area contributed by atoms with Crippen LogP contribution in [0.4, 0.5) is 5.69 Å². The molecule has 1 aromatic carbocycles. The lowest BCUT2D eigenvalue weighted by Crippen LogP contribution is -2.19. The van der Waals surface area contributed by atoms with Gasteiger partial charge in [-0.3, -0.25) is 0 Å². The summed E-state index contributed by atoms with van der Waals surface area (Å²) in [6.45, 7) is 1.49. The highest BCUT2D eigenvalue weighted by atomic mass is 16.4. The molecule has 0 aliphatic heterocycles. The van der Waals surface area contributed by atoms with Crippen molar-refractivity contribution in [1.82, 2.24) is 0 Å². The van der Waals surface area contributed by atoms with Gasteiger partial charge in [0.05, 0.1) is 5.56 Å². The number of carboxylic acids is 1. The van der Waals surface area contributed by atoms with Crippen LogP contribution in [0.15, 0.2) is 18.2 Å². The minimum Gasteiger partial charge on any atom is -0.508 e. The third kappa shape index (κ3) is 2.67. The molecule has 0 bridgehead atoms. The van der Waals surface area contributed by atoms with Crippen molar-refractivity contribution in [2.45, 2.75) is 6.82 Å². The lowest BCUT2D eigenvalue weighted by atomic mass is 9.88. The second kappa shape index (κ2) is 4.02. The first kappa shape index (κ1) is 10.4. The molecule has 14 heavy (non-hydrogen) atoms. The largest absolute Gasteiger partial charge is 0.508 e. The molecule has 4 N–H and O–H groups in total. The van der Waals surface area contributed by atoms with E-state index in [0.717, 1.165) is 6.07 Å². The van der Waals surface area contributed by atoms with E-state index in [9.17, 15) is 9.90 Å². The summed E-state index contributed by atoms with van der Waals surface area (Å²) in [7, 11) is -0.807. The summed E-state index contributed by atoms with van der Waals surface area (Å²) >= 11 is 0. The van der Waals surface area contributed by atoms with Crippen LogP contribution in [0.2, 0.25) is 6.82 Å². The molecule has 1 rings (SSSR count). The fourth-order valence-corrected chi connectivity index (χ4v) is 1.06. The van der Waals surface area contributed by atoms with Gasteiger partial charge in [0.2, 0.25) is 0 Å². The Balaban J connectivity index is 3.01. The summed E-state index contributed by atoms with van der Waals surface area (Å²) in [5.74, 6) is -1.29. The van der Waals surface area contributed by atoms with E-state index >= 15 is 0 Å².